The Labute approximate surface area is 218 Å². The first-order chi connectivity index (χ1) is 17.6. The largest absolute Gasteiger partial charge is 0.481 e. The third-order valence-electron chi connectivity index (χ3n) is 6.64. The lowest BCUT2D eigenvalue weighted by atomic mass is 10.0. The minimum absolute atomic E-state index is 0.0908. The van der Waals surface area contributed by atoms with E-state index in [4.69, 9.17) is 0 Å². The van der Waals surface area contributed by atoms with Gasteiger partial charge in [-0.25, -0.2) is 0 Å². The number of carbonyl (C=O) groups is 2. The Morgan fingerprint density at radius 2 is 1.44 bits per heavy atom. The molecular weight excluding hydrogens is 454 g/mol. The van der Waals surface area contributed by atoms with E-state index < -0.39 is 5.97 Å². The van der Waals surface area contributed by atoms with E-state index in [0.717, 1.165) is 70.8 Å². The standard InChI is InChI=1S/C28H49N5O3/c1-2-3-4-5-6-7-8-9-10-24-11-12-26(25(21-24)22-28(35)36)32-27(34)23-33-19-17-30-15-13-29-14-16-31-18-20-33/h11-12,21,29-31H,2-10,13-20,22-23H2,1H3,(H,32,34)(H,35,36). The van der Waals surface area contributed by atoms with Crippen molar-refractivity contribution in [3.05, 3.63) is 29.3 Å². The van der Waals surface area contributed by atoms with Gasteiger partial charge >= 0.3 is 5.97 Å². The summed E-state index contributed by atoms with van der Waals surface area (Å²) in [7, 11) is 0. The van der Waals surface area contributed by atoms with Crippen LogP contribution in [0.3, 0.4) is 0 Å². The molecule has 1 heterocycles. The number of benzene rings is 1. The molecule has 1 aromatic rings. The number of carboxylic acids is 1. The van der Waals surface area contributed by atoms with Gasteiger partial charge in [-0.3, -0.25) is 14.5 Å². The Morgan fingerprint density at radius 1 is 0.861 bits per heavy atom. The predicted octanol–water partition coefficient (Wildman–Crippen LogP) is 3.02. The molecule has 0 atom stereocenters. The Hall–Kier alpha value is -2.00. The number of hydrogen-bond donors (Lipinski definition) is 5. The van der Waals surface area contributed by atoms with Gasteiger partial charge in [0.25, 0.3) is 0 Å². The molecular formula is C28H49N5O3. The second-order valence-electron chi connectivity index (χ2n) is 9.86. The van der Waals surface area contributed by atoms with Gasteiger partial charge in [0.15, 0.2) is 0 Å². The number of anilines is 1. The first-order valence-electron chi connectivity index (χ1n) is 14.1. The molecule has 8 nitrogen and oxygen atoms in total. The van der Waals surface area contributed by atoms with Crippen LogP contribution >= 0.6 is 0 Å². The first kappa shape index (κ1) is 30.2. The monoisotopic (exact) mass is 503 g/mol. The molecule has 5 N–H and O–H groups in total. The number of nitrogens with zero attached hydrogens (tertiary/aromatic N) is 1. The molecule has 0 bridgehead atoms. The van der Waals surface area contributed by atoms with Crippen molar-refractivity contribution in [2.45, 2.75) is 71.1 Å². The first-order valence-corrected chi connectivity index (χ1v) is 14.1. The highest BCUT2D eigenvalue weighted by molar-refractivity contribution is 5.93. The number of rotatable bonds is 14. The molecule has 0 spiro atoms. The van der Waals surface area contributed by atoms with Crippen molar-refractivity contribution < 1.29 is 14.7 Å². The van der Waals surface area contributed by atoms with Crippen LogP contribution in [0.1, 0.15) is 69.4 Å². The van der Waals surface area contributed by atoms with E-state index in [1.165, 1.54) is 44.9 Å². The average Bonchev–Trinajstić information content (AvgIpc) is 2.83. The molecule has 0 radical (unpaired) electrons. The van der Waals surface area contributed by atoms with E-state index >= 15 is 0 Å². The number of carbonyl (C=O) groups excluding carboxylic acids is 1. The molecule has 1 saturated heterocycles. The van der Waals surface area contributed by atoms with Crippen LogP contribution in [0.15, 0.2) is 18.2 Å². The number of aliphatic carboxylic acids is 1. The van der Waals surface area contributed by atoms with Crippen molar-refractivity contribution in [1.82, 2.24) is 20.9 Å². The lowest BCUT2D eigenvalue weighted by molar-refractivity contribution is -0.136. The van der Waals surface area contributed by atoms with E-state index in [2.05, 4.69) is 33.1 Å². The third-order valence-corrected chi connectivity index (χ3v) is 6.64. The minimum atomic E-state index is -0.885. The molecule has 8 heteroatoms. The average molecular weight is 504 g/mol. The number of unbranched alkanes of at least 4 members (excludes halogenated alkanes) is 7. The maximum absolute atomic E-state index is 12.9. The number of nitrogens with one attached hydrogen (secondary N) is 4. The molecule has 2 rings (SSSR count). The Kier molecular flexibility index (Phi) is 16.1. The molecule has 1 fully saturated rings. The molecule has 1 aromatic carbocycles. The van der Waals surface area contributed by atoms with Gasteiger partial charge in [-0.05, 0) is 30.0 Å². The fraction of sp³-hybridized carbons (Fsp3) is 0.714. The molecule has 1 amide bonds. The number of aryl methyl sites for hydroxylation is 1. The summed E-state index contributed by atoms with van der Waals surface area (Å²) in [6.07, 6.45) is 11.0. The number of amides is 1. The summed E-state index contributed by atoms with van der Waals surface area (Å²) in [5, 5.41) is 22.6. The summed E-state index contributed by atoms with van der Waals surface area (Å²) in [5.74, 6) is -0.990. The Balaban J connectivity index is 1.86. The van der Waals surface area contributed by atoms with Crippen molar-refractivity contribution in [2.75, 3.05) is 64.2 Å². The molecule has 0 aliphatic carbocycles. The van der Waals surface area contributed by atoms with Crippen molar-refractivity contribution in [1.29, 1.82) is 0 Å². The normalized spacial score (nSPS) is 16.1. The molecule has 204 valence electrons. The van der Waals surface area contributed by atoms with Gasteiger partial charge in [-0.2, -0.15) is 0 Å². The third kappa shape index (κ3) is 13.9. The lowest BCUT2D eigenvalue weighted by Crippen LogP contribution is -2.44. The van der Waals surface area contributed by atoms with Crippen LogP contribution in [-0.2, 0) is 22.4 Å². The van der Waals surface area contributed by atoms with Crippen molar-refractivity contribution in [2.24, 2.45) is 0 Å². The van der Waals surface area contributed by atoms with Crippen LogP contribution in [0.5, 0.6) is 0 Å². The maximum atomic E-state index is 12.9. The van der Waals surface area contributed by atoms with Gasteiger partial charge in [0.2, 0.25) is 5.91 Å². The molecule has 1 aliphatic heterocycles. The quantitative estimate of drug-likeness (QED) is 0.249. The van der Waals surface area contributed by atoms with Gasteiger partial charge in [0.1, 0.15) is 0 Å². The van der Waals surface area contributed by atoms with Gasteiger partial charge in [0.05, 0.1) is 13.0 Å². The zero-order chi connectivity index (χ0) is 25.8. The van der Waals surface area contributed by atoms with Gasteiger partial charge in [-0.15, -0.1) is 0 Å². The fourth-order valence-electron chi connectivity index (χ4n) is 4.56. The summed E-state index contributed by atoms with van der Waals surface area (Å²) in [6.45, 7) is 9.43. The van der Waals surface area contributed by atoms with Gasteiger partial charge < -0.3 is 26.4 Å². The highest BCUT2D eigenvalue weighted by atomic mass is 16.4. The molecule has 36 heavy (non-hydrogen) atoms. The molecule has 1 aliphatic rings. The van der Waals surface area contributed by atoms with E-state index in [0.29, 0.717) is 11.3 Å². The second kappa shape index (κ2) is 19.2. The van der Waals surface area contributed by atoms with Crippen LogP contribution < -0.4 is 21.3 Å². The van der Waals surface area contributed by atoms with E-state index in [9.17, 15) is 14.7 Å². The summed E-state index contributed by atoms with van der Waals surface area (Å²) in [5.41, 5.74) is 2.43. The maximum Gasteiger partial charge on any atom is 0.307 e. The Morgan fingerprint density at radius 3 is 2.06 bits per heavy atom. The van der Waals surface area contributed by atoms with Crippen LogP contribution in [0, 0.1) is 0 Å². The van der Waals surface area contributed by atoms with Crippen molar-refractivity contribution in [3.63, 3.8) is 0 Å². The lowest BCUT2D eigenvalue weighted by Gasteiger charge is -2.23. The topological polar surface area (TPSA) is 106 Å². The van der Waals surface area contributed by atoms with Crippen LogP contribution in [0.25, 0.3) is 0 Å². The van der Waals surface area contributed by atoms with Crippen LogP contribution in [-0.4, -0.2) is 80.8 Å². The number of carboxylic acid groups (broad SMARTS) is 1. The zero-order valence-electron chi connectivity index (χ0n) is 22.4. The summed E-state index contributed by atoms with van der Waals surface area (Å²) < 4.78 is 0. The van der Waals surface area contributed by atoms with E-state index in [-0.39, 0.29) is 18.9 Å². The summed E-state index contributed by atoms with van der Waals surface area (Å²) in [6, 6.07) is 5.87. The number of hydrogen-bond acceptors (Lipinski definition) is 6. The predicted molar refractivity (Wildman–Crippen MR) is 148 cm³/mol. The molecule has 0 aromatic heterocycles. The second-order valence-corrected chi connectivity index (χ2v) is 9.86. The van der Waals surface area contributed by atoms with Gasteiger partial charge in [0, 0.05) is 58.0 Å². The molecule has 0 saturated carbocycles. The van der Waals surface area contributed by atoms with Gasteiger partial charge in [-0.1, -0.05) is 64.0 Å². The Bertz CT molecular complexity index is 747. The summed E-state index contributed by atoms with van der Waals surface area (Å²) >= 11 is 0. The summed E-state index contributed by atoms with van der Waals surface area (Å²) in [4.78, 5) is 26.5. The van der Waals surface area contributed by atoms with Crippen LogP contribution in [0.4, 0.5) is 5.69 Å². The highest BCUT2D eigenvalue weighted by Crippen LogP contribution is 2.21. The zero-order valence-corrected chi connectivity index (χ0v) is 22.4. The van der Waals surface area contributed by atoms with Crippen molar-refractivity contribution in [3.8, 4) is 0 Å². The fourth-order valence-corrected chi connectivity index (χ4v) is 4.56. The van der Waals surface area contributed by atoms with E-state index in [1.54, 1.807) is 0 Å². The highest BCUT2D eigenvalue weighted by Gasteiger charge is 2.14. The van der Waals surface area contributed by atoms with Crippen molar-refractivity contribution >= 4 is 17.6 Å². The SMILES string of the molecule is CCCCCCCCCCc1ccc(NC(=O)CN2CCNCCNCCNCC2)c(CC(=O)O)c1. The smallest absolute Gasteiger partial charge is 0.307 e. The molecule has 0 unspecified atom stereocenters. The van der Waals surface area contributed by atoms with Crippen LogP contribution in [0.2, 0.25) is 0 Å². The van der Waals surface area contributed by atoms with E-state index in [1.807, 2.05) is 18.2 Å². The minimum Gasteiger partial charge on any atom is -0.481 e.